The van der Waals surface area contributed by atoms with E-state index in [9.17, 15) is 0 Å². The van der Waals surface area contributed by atoms with Crippen LogP contribution < -0.4 is 14.2 Å². The zero-order valence-electron chi connectivity index (χ0n) is 17.5. The smallest absolute Gasteiger partial charge is 0.182 e. The summed E-state index contributed by atoms with van der Waals surface area (Å²) in [5.74, 6) is 2.06. The Hall–Kier alpha value is -4.06. The number of aromatic amines is 1. The lowest BCUT2D eigenvalue weighted by Crippen LogP contribution is -1.94. The van der Waals surface area contributed by atoms with Crippen LogP contribution in [0.1, 0.15) is 0 Å². The van der Waals surface area contributed by atoms with Gasteiger partial charge in [0.2, 0.25) is 0 Å². The Morgan fingerprint density at radius 1 is 0.710 bits per heavy atom. The molecule has 0 atom stereocenters. The third kappa shape index (κ3) is 3.13. The van der Waals surface area contributed by atoms with E-state index in [1.165, 1.54) is 0 Å². The molecule has 0 unspecified atom stereocenters. The second-order valence-electron chi connectivity index (χ2n) is 7.11. The Morgan fingerprint density at radius 3 is 2.13 bits per heavy atom. The van der Waals surface area contributed by atoms with E-state index in [1.807, 2.05) is 54.6 Å². The number of hydrogen-bond acceptors (Lipinski definition) is 5. The molecule has 3 aromatic carbocycles. The zero-order valence-corrected chi connectivity index (χ0v) is 17.5. The summed E-state index contributed by atoms with van der Waals surface area (Å²) in [5.41, 5.74) is 4.32. The SMILES string of the molecule is COc1cccc(-c2nc3n[nH]c(-c4ccccc4)c3c3cc(OC)c(OC)cc23)c1. The molecule has 0 bridgehead atoms. The lowest BCUT2D eigenvalue weighted by atomic mass is 9.98. The third-order valence-electron chi connectivity index (χ3n) is 5.42. The Labute approximate surface area is 179 Å². The molecule has 2 aromatic heterocycles. The molecule has 5 rings (SSSR count). The van der Waals surface area contributed by atoms with Crippen molar-refractivity contribution >= 4 is 21.8 Å². The molecule has 0 fully saturated rings. The van der Waals surface area contributed by atoms with E-state index in [2.05, 4.69) is 22.3 Å². The Balaban J connectivity index is 1.90. The first-order valence-corrected chi connectivity index (χ1v) is 9.87. The number of ether oxygens (including phenoxy) is 3. The van der Waals surface area contributed by atoms with Crippen LogP contribution >= 0.6 is 0 Å². The van der Waals surface area contributed by atoms with Gasteiger partial charge in [-0.3, -0.25) is 5.10 Å². The van der Waals surface area contributed by atoms with Gasteiger partial charge in [0.25, 0.3) is 0 Å². The maximum atomic E-state index is 5.60. The molecule has 6 nitrogen and oxygen atoms in total. The molecule has 1 N–H and O–H groups in total. The van der Waals surface area contributed by atoms with E-state index in [-0.39, 0.29) is 0 Å². The van der Waals surface area contributed by atoms with Crippen molar-refractivity contribution in [3.8, 4) is 39.8 Å². The van der Waals surface area contributed by atoms with Crippen LogP contribution in [0.2, 0.25) is 0 Å². The molecular formula is C25H21N3O3. The highest BCUT2D eigenvalue weighted by atomic mass is 16.5. The molecule has 0 aliphatic heterocycles. The predicted octanol–water partition coefficient (Wildman–Crippen LogP) is 5.47. The largest absolute Gasteiger partial charge is 0.497 e. The maximum absolute atomic E-state index is 5.60. The van der Waals surface area contributed by atoms with Crippen molar-refractivity contribution < 1.29 is 14.2 Å². The van der Waals surface area contributed by atoms with Gasteiger partial charge in [0.1, 0.15) is 5.75 Å². The van der Waals surface area contributed by atoms with Crippen molar-refractivity contribution in [2.75, 3.05) is 21.3 Å². The Kier molecular flexibility index (Phi) is 4.67. The summed E-state index contributed by atoms with van der Waals surface area (Å²) in [7, 11) is 4.92. The average Bonchev–Trinajstić information content (AvgIpc) is 3.27. The standard InChI is InChI=1S/C25H21N3O3/c1-29-17-11-7-10-16(12-17)23-19-14-21(31-3)20(30-2)13-18(19)22-24(27-28-25(22)26-23)15-8-5-4-6-9-15/h4-14H,1-3H3,(H,26,27,28). The summed E-state index contributed by atoms with van der Waals surface area (Å²) in [6.07, 6.45) is 0. The van der Waals surface area contributed by atoms with Gasteiger partial charge in [-0.1, -0.05) is 42.5 Å². The maximum Gasteiger partial charge on any atom is 0.182 e. The normalized spacial score (nSPS) is 11.1. The van der Waals surface area contributed by atoms with Crippen molar-refractivity contribution in [3.05, 3.63) is 66.7 Å². The van der Waals surface area contributed by atoms with E-state index in [4.69, 9.17) is 19.2 Å². The molecule has 0 amide bonds. The van der Waals surface area contributed by atoms with E-state index in [0.717, 1.165) is 44.4 Å². The zero-order chi connectivity index (χ0) is 21.4. The second-order valence-corrected chi connectivity index (χ2v) is 7.11. The molecule has 0 saturated carbocycles. The molecule has 0 saturated heterocycles. The van der Waals surface area contributed by atoms with E-state index >= 15 is 0 Å². The van der Waals surface area contributed by atoms with Crippen molar-refractivity contribution in [2.45, 2.75) is 0 Å². The summed E-state index contributed by atoms with van der Waals surface area (Å²) in [6, 6.07) is 21.9. The van der Waals surface area contributed by atoms with Crippen LogP contribution in [0.15, 0.2) is 66.7 Å². The fraction of sp³-hybridized carbons (Fsp3) is 0.120. The quantitative estimate of drug-likeness (QED) is 0.415. The average molecular weight is 411 g/mol. The van der Waals surface area contributed by atoms with Crippen LogP contribution in [0.5, 0.6) is 17.2 Å². The highest BCUT2D eigenvalue weighted by Gasteiger charge is 2.19. The van der Waals surface area contributed by atoms with Gasteiger partial charge in [0, 0.05) is 21.9 Å². The molecule has 0 radical (unpaired) electrons. The number of pyridine rings is 1. The van der Waals surface area contributed by atoms with Crippen LogP contribution in [0.25, 0.3) is 44.3 Å². The molecule has 0 aliphatic rings. The van der Waals surface area contributed by atoms with Crippen LogP contribution in [0, 0.1) is 0 Å². The summed E-state index contributed by atoms with van der Waals surface area (Å²) in [6.45, 7) is 0. The number of hydrogen-bond donors (Lipinski definition) is 1. The number of H-pyrrole nitrogens is 1. The number of methoxy groups -OCH3 is 3. The molecule has 31 heavy (non-hydrogen) atoms. The Bertz CT molecular complexity index is 1390. The van der Waals surface area contributed by atoms with E-state index in [1.54, 1.807) is 21.3 Å². The summed E-state index contributed by atoms with van der Waals surface area (Å²) in [4.78, 5) is 4.93. The Morgan fingerprint density at radius 2 is 1.42 bits per heavy atom. The van der Waals surface area contributed by atoms with Gasteiger partial charge in [0.15, 0.2) is 17.1 Å². The molecule has 0 aliphatic carbocycles. The number of nitrogens with one attached hydrogen (secondary N) is 1. The van der Waals surface area contributed by atoms with Crippen LogP contribution in [0.4, 0.5) is 0 Å². The number of benzene rings is 3. The second kappa shape index (κ2) is 7.65. The first-order valence-electron chi connectivity index (χ1n) is 9.87. The highest BCUT2D eigenvalue weighted by Crippen LogP contribution is 2.42. The number of aromatic nitrogens is 3. The summed E-state index contributed by atoms with van der Waals surface area (Å²) >= 11 is 0. The predicted molar refractivity (Wildman–Crippen MR) is 122 cm³/mol. The third-order valence-corrected chi connectivity index (χ3v) is 5.42. The minimum atomic E-state index is 0.636. The fourth-order valence-corrected chi connectivity index (χ4v) is 3.92. The molecular weight excluding hydrogens is 390 g/mol. The minimum absolute atomic E-state index is 0.636. The monoisotopic (exact) mass is 411 g/mol. The lowest BCUT2D eigenvalue weighted by Gasteiger charge is -2.13. The topological polar surface area (TPSA) is 69.3 Å². The van der Waals surface area contributed by atoms with Crippen molar-refractivity contribution in [2.24, 2.45) is 0 Å². The van der Waals surface area contributed by atoms with E-state index in [0.29, 0.717) is 17.1 Å². The van der Waals surface area contributed by atoms with Gasteiger partial charge in [0.05, 0.1) is 38.1 Å². The lowest BCUT2D eigenvalue weighted by molar-refractivity contribution is 0.356. The van der Waals surface area contributed by atoms with Crippen LogP contribution in [0.3, 0.4) is 0 Å². The molecule has 6 heteroatoms. The molecule has 0 spiro atoms. The first kappa shape index (κ1) is 18.9. The number of fused-ring (bicyclic) bond motifs is 3. The van der Waals surface area contributed by atoms with Crippen molar-refractivity contribution in [1.29, 1.82) is 0 Å². The summed E-state index contributed by atoms with van der Waals surface area (Å²) in [5, 5.41) is 10.6. The molecule has 154 valence electrons. The van der Waals surface area contributed by atoms with Gasteiger partial charge in [-0.15, -0.1) is 0 Å². The van der Waals surface area contributed by atoms with Crippen LogP contribution in [-0.4, -0.2) is 36.5 Å². The van der Waals surface area contributed by atoms with Crippen molar-refractivity contribution in [3.63, 3.8) is 0 Å². The molecule has 5 aromatic rings. The first-order chi connectivity index (χ1) is 15.2. The van der Waals surface area contributed by atoms with Crippen molar-refractivity contribution in [1.82, 2.24) is 15.2 Å². The molecule has 2 heterocycles. The summed E-state index contributed by atoms with van der Waals surface area (Å²) < 4.78 is 16.6. The van der Waals surface area contributed by atoms with Crippen LogP contribution in [-0.2, 0) is 0 Å². The minimum Gasteiger partial charge on any atom is -0.497 e. The van der Waals surface area contributed by atoms with Gasteiger partial charge in [-0.2, -0.15) is 5.10 Å². The van der Waals surface area contributed by atoms with Gasteiger partial charge < -0.3 is 14.2 Å². The number of nitrogens with zero attached hydrogens (tertiary/aromatic N) is 2. The fourth-order valence-electron chi connectivity index (χ4n) is 3.92. The highest BCUT2D eigenvalue weighted by molar-refractivity contribution is 6.15. The van der Waals surface area contributed by atoms with Gasteiger partial charge in [-0.05, 0) is 24.3 Å². The van der Waals surface area contributed by atoms with Gasteiger partial charge >= 0.3 is 0 Å². The van der Waals surface area contributed by atoms with Gasteiger partial charge in [-0.25, -0.2) is 4.98 Å². The number of rotatable bonds is 5. The van der Waals surface area contributed by atoms with E-state index < -0.39 is 0 Å².